The van der Waals surface area contributed by atoms with E-state index >= 15 is 0 Å². The Labute approximate surface area is 113 Å². The molecule has 0 amide bonds. The number of rotatable bonds is 1. The number of imidazole rings is 1. The van der Waals surface area contributed by atoms with E-state index in [9.17, 15) is 0 Å². The molecule has 2 aromatic rings. The summed E-state index contributed by atoms with van der Waals surface area (Å²) in [5.41, 5.74) is 1.45. The molecule has 0 fully saturated rings. The van der Waals surface area contributed by atoms with Crippen LogP contribution in [0.4, 0.5) is 0 Å². The van der Waals surface area contributed by atoms with Crippen LogP contribution < -0.4 is 0 Å². The fraction of sp³-hybridized carbons (Fsp3) is 0.385. The first-order valence-corrected chi connectivity index (χ1v) is 6.69. The molecule has 0 aliphatic rings. The molecule has 0 saturated carbocycles. The molecule has 0 aliphatic heterocycles. The Morgan fingerprint density at radius 3 is 2.47 bits per heavy atom. The van der Waals surface area contributed by atoms with Crippen LogP contribution in [0.5, 0.6) is 0 Å². The first-order valence-electron chi connectivity index (χ1n) is 5.56. The molecule has 4 heteroatoms. The van der Waals surface area contributed by atoms with Crippen molar-refractivity contribution in [2.45, 2.75) is 26.2 Å². The molecule has 0 radical (unpaired) electrons. The molecule has 0 N–H and O–H groups in total. The van der Waals surface area contributed by atoms with Gasteiger partial charge in [0.25, 0.3) is 0 Å². The monoisotopic (exact) mass is 410 g/mol. The van der Waals surface area contributed by atoms with Crippen molar-refractivity contribution in [3.05, 3.63) is 40.1 Å². The van der Waals surface area contributed by atoms with Gasteiger partial charge < -0.3 is 0 Å². The van der Waals surface area contributed by atoms with Crippen LogP contribution in [-0.2, 0) is 31.8 Å². The van der Waals surface area contributed by atoms with Gasteiger partial charge in [-0.2, -0.15) is 0 Å². The summed E-state index contributed by atoms with van der Waals surface area (Å²) in [6.45, 7) is 6.65. The molecule has 0 atom stereocenters. The van der Waals surface area contributed by atoms with Crippen LogP contribution in [0.2, 0.25) is 0 Å². The molecule has 0 unspecified atom stereocenters. The minimum absolute atomic E-state index is 0.151. The Balaban J connectivity index is 2.55. The minimum atomic E-state index is 0.151. The Hall–Kier alpha value is -0.952. The van der Waals surface area contributed by atoms with Crippen LogP contribution in [0.1, 0.15) is 26.3 Å². The predicted octanol–water partition coefficient (Wildman–Crippen LogP) is 2.59. The molecule has 2 rings (SSSR count). The number of pyridine rings is 1. The van der Waals surface area contributed by atoms with Gasteiger partial charge in [0.1, 0.15) is 0 Å². The SMILES string of the molecule is Cn1ccn(-c2cc(C(C)(C)C)ccn2)[c]1=[Pt]. The summed E-state index contributed by atoms with van der Waals surface area (Å²) in [6.07, 6.45) is 5.96. The van der Waals surface area contributed by atoms with E-state index in [-0.39, 0.29) is 5.41 Å². The third-order valence-electron chi connectivity index (χ3n) is 2.75. The summed E-state index contributed by atoms with van der Waals surface area (Å²) in [5.74, 6) is 0.975. The van der Waals surface area contributed by atoms with Gasteiger partial charge in [0.2, 0.25) is 0 Å². The van der Waals surface area contributed by atoms with E-state index < -0.39 is 0 Å². The average Bonchev–Trinajstić information content (AvgIpc) is 2.59. The molecule has 2 heterocycles. The second-order valence-corrected chi connectivity index (χ2v) is 6.19. The zero-order valence-corrected chi connectivity index (χ0v) is 12.8. The Kier molecular flexibility index (Phi) is 3.22. The summed E-state index contributed by atoms with van der Waals surface area (Å²) in [7, 11) is 2.03. The van der Waals surface area contributed by atoms with E-state index in [0.29, 0.717) is 0 Å². The summed E-state index contributed by atoms with van der Waals surface area (Å²) in [4.78, 5) is 4.44. The van der Waals surface area contributed by atoms with Crippen molar-refractivity contribution in [1.29, 1.82) is 0 Å². The van der Waals surface area contributed by atoms with Gasteiger partial charge in [0, 0.05) is 0 Å². The Bertz CT molecular complexity index is 587. The number of aromatic nitrogens is 3. The number of aryl methyl sites for hydroxylation is 1. The predicted molar refractivity (Wildman–Crippen MR) is 64.5 cm³/mol. The number of nitrogens with zero attached hydrogens (tertiary/aromatic N) is 3. The third kappa shape index (κ3) is 2.49. The van der Waals surface area contributed by atoms with Crippen molar-refractivity contribution in [3.63, 3.8) is 0 Å². The van der Waals surface area contributed by atoms with E-state index in [2.05, 4.69) is 66.4 Å². The third-order valence-corrected chi connectivity index (χ3v) is 4.10. The van der Waals surface area contributed by atoms with E-state index in [4.69, 9.17) is 0 Å². The van der Waals surface area contributed by atoms with Gasteiger partial charge >= 0.3 is 113 Å². The van der Waals surface area contributed by atoms with Crippen LogP contribution in [0, 0.1) is 3.80 Å². The summed E-state index contributed by atoms with van der Waals surface area (Å²) < 4.78 is 5.31. The average molecular weight is 410 g/mol. The fourth-order valence-electron chi connectivity index (χ4n) is 1.63. The molecule has 0 aliphatic carbocycles. The van der Waals surface area contributed by atoms with E-state index in [1.54, 1.807) is 0 Å². The molecule has 0 saturated heterocycles. The molecule has 94 valence electrons. The normalized spacial score (nSPS) is 11.9. The van der Waals surface area contributed by atoms with Crippen molar-refractivity contribution in [2.24, 2.45) is 7.05 Å². The van der Waals surface area contributed by atoms with Crippen LogP contribution in [0.25, 0.3) is 5.82 Å². The van der Waals surface area contributed by atoms with Gasteiger partial charge in [-0.3, -0.25) is 0 Å². The number of hydrogen-bond acceptors (Lipinski definition) is 1. The van der Waals surface area contributed by atoms with Crippen molar-refractivity contribution >= 4 is 0 Å². The van der Waals surface area contributed by atoms with Crippen LogP contribution in [-0.4, -0.2) is 14.1 Å². The molecule has 17 heavy (non-hydrogen) atoms. The standard InChI is InChI=1S/C13H17N3.Pt/c1-13(2,3)11-5-6-14-12(9-11)16-8-7-15(4)10-16;/h5-9H,1-4H3;. The van der Waals surface area contributed by atoms with Gasteiger partial charge in [-0.1, -0.05) is 0 Å². The quantitative estimate of drug-likeness (QED) is 0.709. The van der Waals surface area contributed by atoms with Crippen molar-refractivity contribution in [3.8, 4) is 5.82 Å². The van der Waals surface area contributed by atoms with E-state index in [1.165, 1.54) is 5.56 Å². The van der Waals surface area contributed by atoms with Crippen molar-refractivity contribution in [1.82, 2.24) is 14.1 Å². The molecule has 2 aromatic heterocycles. The molecular weight excluding hydrogens is 393 g/mol. The second-order valence-electron chi connectivity index (χ2n) is 5.17. The van der Waals surface area contributed by atoms with Crippen LogP contribution in [0.15, 0.2) is 30.7 Å². The van der Waals surface area contributed by atoms with Crippen LogP contribution >= 0.6 is 0 Å². The molecule has 3 nitrogen and oxygen atoms in total. The second kappa shape index (κ2) is 4.38. The summed E-state index contributed by atoms with van der Waals surface area (Å²) in [5, 5.41) is 0. The zero-order chi connectivity index (χ0) is 12.6. The Morgan fingerprint density at radius 2 is 1.94 bits per heavy atom. The van der Waals surface area contributed by atoms with Gasteiger partial charge in [-0.15, -0.1) is 0 Å². The zero-order valence-electron chi connectivity index (χ0n) is 10.5. The van der Waals surface area contributed by atoms with Gasteiger partial charge in [0.05, 0.1) is 0 Å². The molecule has 0 spiro atoms. The molecular formula is C13H17N3Pt. The fourth-order valence-corrected chi connectivity index (χ4v) is 2.23. The maximum absolute atomic E-state index is 4.44. The first kappa shape index (κ1) is 12.5. The first-order chi connectivity index (χ1) is 7.89. The van der Waals surface area contributed by atoms with Gasteiger partial charge in [-0.25, -0.2) is 0 Å². The van der Waals surface area contributed by atoms with E-state index in [1.807, 2.05) is 25.6 Å². The number of hydrogen-bond donors (Lipinski definition) is 0. The van der Waals surface area contributed by atoms with Crippen molar-refractivity contribution < 1.29 is 19.4 Å². The van der Waals surface area contributed by atoms with Gasteiger partial charge in [-0.05, 0) is 0 Å². The Morgan fingerprint density at radius 1 is 1.24 bits per heavy atom. The van der Waals surface area contributed by atoms with E-state index in [0.717, 1.165) is 9.62 Å². The van der Waals surface area contributed by atoms with Crippen molar-refractivity contribution in [2.75, 3.05) is 0 Å². The topological polar surface area (TPSA) is 22.8 Å². The summed E-state index contributed by atoms with van der Waals surface area (Å²) >= 11 is 2.30. The maximum atomic E-state index is 4.44. The summed E-state index contributed by atoms with van der Waals surface area (Å²) in [6, 6.07) is 4.24. The molecule has 0 bridgehead atoms. The van der Waals surface area contributed by atoms with Gasteiger partial charge in [0.15, 0.2) is 0 Å². The molecule has 0 aromatic carbocycles. The van der Waals surface area contributed by atoms with Crippen LogP contribution in [0.3, 0.4) is 0 Å².